The van der Waals surface area contributed by atoms with E-state index >= 15 is 0 Å². The fourth-order valence-corrected chi connectivity index (χ4v) is 2.84. The van der Waals surface area contributed by atoms with Gasteiger partial charge in [0.15, 0.2) is 5.78 Å². The molecule has 3 nitrogen and oxygen atoms in total. The average molecular weight is 314 g/mol. The van der Waals surface area contributed by atoms with Gasteiger partial charge in [0, 0.05) is 22.6 Å². The number of benzene rings is 3. The fraction of sp³-hybridized carbons (Fsp3) is 0. The van der Waals surface area contributed by atoms with Crippen molar-refractivity contribution >= 4 is 16.8 Å². The van der Waals surface area contributed by atoms with E-state index < -0.39 is 0 Å². The summed E-state index contributed by atoms with van der Waals surface area (Å²) in [6.07, 6.45) is 0. The summed E-state index contributed by atoms with van der Waals surface area (Å²) in [5, 5.41) is 10.4. The number of fused-ring (bicyclic) bond motifs is 1. The van der Waals surface area contributed by atoms with E-state index in [0.717, 1.165) is 5.56 Å². The first-order valence-electron chi connectivity index (χ1n) is 7.65. The first kappa shape index (κ1) is 14.3. The first-order valence-corrected chi connectivity index (χ1v) is 7.65. The molecule has 0 aliphatic rings. The van der Waals surface area contributed by atoms with Crippen LogP contribution < -0.4 is 0 Å². The molecule has 24 heavy (non-hydrogen) atoms. The van der Waals surface area contributed by atoms with Crippen molar-refractivity contribution in [2.45, 2.75) is 0 Å². The Morgan fingerprint density at radius 1 is 0.833 bits per heavy atom. The average Bonchev–Trinajstić information content (AvgIpc) is 3.01. The predicted molar refractivity (Wildman–Crippen MR) is 93.2 cm³/mol. The molecule has 3 aromatic carbocycles. The Bertz CT molecular complexity index is 1020. The standard InChI is InChI=1S/C21H14O3/c22-16-11-12-17-18(13-16)24-21(15-9-5-2-6-10-15)19(17)20(23)14-7-3-1-4-8-14/h1-13,22H. The summed E-state index contributed by atoms with van der Waals surface area (Å²) in [5.41, 5.74) is 2.44. The number of furan rings is 1. The van der Waals surface area contributed by atoms with Gasteiger partial charge in [-0.3, -0.25) is 4.79 Å². The summed E-state index contributed by atoms with van der Waals surface area (Å²) >= 11 is 0. The van der Waals surface area contributed by atoms with Gasteiger partial charge in [-0.05, 0) is 12.1 Å². The minimum Gasteiger partial charge on any atom is -0.508 e. The van der Waals surface area contributed by atoms with E-state index in [-0.39, 0.29) is 11.5 Å². The molecule has 1 heterocycles. The quantitative estimate of drug-likeness (QED) is 0.539. The molecule has 1 aromatic heterocycles. The summed E-state index contributed by atoms with van der Waals surface area (Å²) in [6, 6.07) is 23.5. The molecule has 0 amide bonds. The Hall–Kier alpha value is -3.33. The second kappa shape index (κ2) is 5.70. The van der Waals surface area contributed by atoms with Crippen LogP contribution >= 0.6 is 0 Å². The molecule has 0 aliphatic heterocycles. The van der Waals surface area contributed by atoms with Crippen molar-refractivity contribution in [2.75, 3.05) is 0 Å². The summed E-state index contributed by atoms with van der Waals surface area (Å²) in [5.74, 6) is 0.526. The van der Waals surface area contributed by atoms with Crippen LogP contribution in [0.2, 0.25) is 0 Å². The fourth-order valence-electron chi connectivity index (χ4n) is 2.84. The van der Waals surface area contributed by atoms with E-state index in [1.165, 1.54) is 6.07 Å². The number of hydrogen-bond donors (Lipinski definition) is 1. The lowest BCUT2D eigenvalue weighted by molar-refractivity contribution is 0.104. The molecule has 1 N–H and O–H groups in total. The highest BCUT2D eigenvalue weighted by atomic mass is 16.3. The molecular formula is C21H14O3. The van der Waals surface area contributed by atoms with E-state index in [1.54, 1.807) is 24.3 Å². The van der Waals surface area contributed by atoms with E-state index in [4.69, 9.17) is 4.42 Å². The molecule has 0 unspecified atom stereocenters. The van der Waals surface area contributed by atoms with Crippen molar-refractivity contribution in [1.82, 2.24) is 0 Å². The Morgan fingerprint density at radius 2 is 1.50 bits per heavy atom. The number of carbonyl (C=O) groups is 1. The molecule has 4 aromatic rings. The largest absolute Gasteiger partial charge is 0.508 e. The molecule has 0 radical (unpaired) electrons. The van der Waals surface area contributed by atoms with Gasteiger partial charge < -0.3 is 9.52 Å². The van der Waals surface area contributed by atoms with Crippen molar-refractivity contribution in [3.8, 4) is 17.1 Å². The number of ketones is 1. The SMILES string of the molecule is O=C(c1ccccc1)c1c(-c2ccccc2)oc2cc(O)ccc12. The highest BCUT2D eigenvalue weighted by molar-refractivity contribution is 6.19. The zero-order valence-corrected chi connectivity index (χ0v) is 12.8. The molecule has 3 heteroatoms. The van der Waals surface area contributed by atoms with E-state index in [0.29, 0.717) is 27.9 Å². The van der Waals surface area contributed by atoms with Gasteiger partial charge in [-0.25, -0.2) is 0 Å². The van der Waals surface area contributed by atoms with Crippen LogP contribution in [-0.4, -0.2) is 10.9 Å². The smallest absolute Gasteiger partial charge is 0.197 e. The molecule has 4 rings (SSSR count). The number of phenols is 1. The lowest BCUT2D eigenvalue weighted by Gasteiger charge is -2.03. The normalized spacial score (nSPS) is 10.8. The summed E-state index contributed by atoms with van der Waals surface area (Å²) < 4.78 is 5.93. The summed E-state index contributed by atoms with van der Waals surface area (Å²) in [7, 11) is 0. The summed E-state index contributed by atoms with van der Waals surface area (Å²) in [4.78, 5) is 13.1. The number of carbonyl (C=O) groups excluding carboxylic acids is 1. The molecule has 116 valence electrons. The molecule has 0 aliphatic carbocycles. The van der Waals surface area contributed by atoms with Crippen LogP contribution in [0, 0.1) is 0 Å². The van der Waals surface area contributed by atoms with Crippen molar-refractivity contribution < 1.29 is 14.3 Å². The third kappa shape index (κ3) is 2.36. The van der Waals surface area contributed by atoms with Gasteiger partial charge in [0.1, 0.15) is 17.1 Å². The molecule has 0 saturated carbocycles. The van der Waals surface area contributed by atoms with Crippen LogP contribution in [0.5, 0.6) is 5.75 Å². The Kier molecular flexibility index (Phi) is 3.39. The maximum atomic E-state index is 13.1. The van der Waals surface area contributed by atoms with Crippen LogP contribution in [0.3, 0.4) is 0 Å². The third-order valence-corrected chi connectivity index (χ3v) is 3.97. The van der Waals surface area contributed by atoms with Crippen molar-refractivity contribution in [3.05, 3.63) is 90.0 Å². The third-order valence-electron chi connectivity index (χ3n) is 3.97. The van der Waals surface area contributed by atoms with Crippen LogP contribution in [0.25, 0.3) is 22.3 Å². The molecule has 0 spiro atoms. The van der Waals surface area contributed by atoms with Crippen LogP contribution in [0.15, 0.2) is 83.3 Å². The van der Waals surface area contributed by atoms with Gasteiger partial charge in [-0.15, -0.1) is 0 Å². The zero-order valence-electron chi connectivity index (χ0n) is 12.8. The maximum absolute atomic E-state index is 13.1. The van der Waals surface area contributed by atoms with Gasteiger partial charge in [0.05, 0.1) is 5.56 Å². The Morgan fingerprint density at radius 3 is 2.21 bits per heavy atom. The topological polar surface area (TPSA) is 50.4 Å². The zero-order chi connectivity index (χ0) is 16.5. The second-order valence-electron chi connectivity index (χ2n) is 5.55. The van der Waals surface area contributed by atoms with E-state index in [9.17, 15) is 9.90 Å². The van der Waals surface area contributed by atoms with E-state index in [1.807, 2.05) is 48.5 Å². The van der Waals surface area contributed by atoms with Gasteiger partial charge in [0.25, 0.3) is 0 Å². The monoisotopic (exact) mass is 314 g/mol. The summed E-state index contributed by atoms with van der Waals surface area (Å²) in [6.45, 7) is 0. The Labute approximate surface area is 138 Å². The number of aromatic hydroxyl groups is 1. The number of phenolic OH excluding ortho intramolecular Hbond substituents is 1. The first-order chi connectivity index (χ1) is 11.7. The Balaban J connectivity index is 2.00. The van der Waals surface area contributed by atoms with Crippen LogP contribution in [0.1, 0.15) is 15.9 Å². The molecule has 0 fully saturated rings. The van der Waals surface area contributed by atoms with Crippen molar-refractivity contribution in [1.29, 1.82) is 0 Å². The van der Waals surface area contributed by atoms with Crippen molar-refractivity contribution in [2.24, 2.45) is 0 Å². The lowest BCUT2D eigenvalue weighted by atomic mass is 9.97. The predicted octanol–water partition coefficient (Wildman–Crippen LogP) is 5.04. The van der Waals surface area contributed by atoms with Crippen LogP contribution in [0.4, 0.5) is 0 Å². The number of rotatable bonds is 3. The lowest BCUT2D eigenvalue weighted by Crippen LogP contribution is -2.01. The number of hydrogen-bond acceptors (Lipinski definition) is 3. The van der Waals surface area contributed by atoms with Gasteiger partial charge in [0.2, 0.25) is 0 Å². The minimum absolute atomic E-state index is 0.0982. The van der Waals surface area contributed by atoms with E-state index in [2.05, 4.69) is 0 Å². The van der Waals surface area contributed by atoms with Crippen molar-refractivity contribution in [3.63, 3.8) is 0 Å². The molecular weight excluding hydrogens is 300 g/mol. The van der Waals surface area contributed by atoms with Gasteiger partial charge in [-0.1, -0.05) is 60.7 Å². The van der Waals surface area contributed by atoms with Gasteiger partial charge >= 0.3 is 0 Å². The van der Waals surface area contributed by atoms with Gasteiger partial charge in [-0.2, -0.15) is 0 Å². The highest BCUT2D eigenvalue weighted by Crippen LogP contribution is 2.36. The van der Waals surface area contributed by atoms with Crippen LogP contribution in [-0.2, 0) is 0 Å². The maximum Gasteiger partial charge on any atom is 0.197 e. The second-order valence-corrected chi connectivity index (χ2v) is 5.55. The molecule has 0 atom stereocenters. The highest BCUT2D eigenvalue weighted by Gasteiger charge is 2.23. The minimum atomic E-state index is -0.0982. The molecule has 0 bridgehead atoms. The molecule has 0 saturated heterocycles.